The molecule has 27 heavy (non-hydrogen) atoms. The summed E-state index contributed by atoms with van der Waals surface area (Å²) >= 11 is 3.35. The monoisotopic (exact) mass is 431 g/mol. The minimum atomic E-state index is -0.771. The molecule has 1 aromatic heterocycles. The van der Waals surface area contributed by atoms with Crippen molar-refractivity contribution in [2.24, 2.45) is 0 Å². The molecule has 0 radical (unpaired) electrons. The summed E-state index contributed by atoms with van der Waals surface area (Å²) in [5, 5.41) is 10.8. The van der Waals surface area contributed by atoms with Crippen LogP contribution in [0.2, 0.25) is 0 Å². The van der Waals surface area contributed by atoms with Crippen molar-refractivity contribution in [3.63, 3.8) is 0 Å². The summed E-state index contributed by atoms with van der Waals surface area (Å²) in [5.74, 6) is -1.14. The highest BCUT2D eigenvalue weighted by Gasteiger charge is 2.48. The SMILES string of the molecule is O=C1C(=O)N(CC2CCCO2)C(c2ccco2)/C1=C(\O)c1ccc(Br)cc1. The van der Waals surface area contributed by atoms with Crippen molar-refractivity contribution in [2.45, 2.75) is 25.0 Å². The Morgan fingerprint density at radius 2 is 2.00 bits per heavy atom. The second-order valence-electron chi connectivity index (χ2n) is 6.61. The Morgan fingerprint density at radius 1 is 1.22 bits per heavy atom. The standard InChI is InChI=1S/C20H18BrNO5/c21-13-7-5-12(6-8-13)18(23)16-17(15-4-2-10-27-15)22(20(25)19(16)24)11-14-3-1-9-26-14/h2,4-8,10,14,17,23H,1,3,9,11H2/b18-16+. The van der Waals surface area contributed by atoms with Crippen LogP contribution in [-0.4, -0.2) is 41.0 Å². The summed E-state index contributed by atoms with van der Waals surface area (Å²) in [6.45, 7) is 0.936. The molecule has 0 bridgehead atoms. The highest BCUT2D eigenvalue weighted by atomic mass is 79.9. The molecule has 7 heteroatoms. The van der Waals surface area contributed by atoms with Gasteiger partial charge in [0.2, 0.25) is 0 Å². The van der Waals surface area contributed by atoms with E-state index < -0.39 is 17.7 Å². The maximum absolute atomic E-state index is 12.8. The van der Waals surface area contributed by atoms with Crippen molar-refractivity contribution in [3.8, 4) is 0 Å². The van der Waals surface area contributed by atoms with Gasteiger partial charge in [0.25, 0.3) is 11.7 Å². The van der Waals surface area contributed by atoms with Gasteiger partial charge >= 0.3 is 0 Å². The summed E-state index contributed by atoms with van der Waals surface area (Å²) in [7, 11) is 0. The summed E-state index contributed by atoms with van der Waals surface area (Å²) in [6.07, 6.45) is 3.13. The van der Waals surface area contributed by atoms with Crippen molar-refractivity contribution >= 4 is 33.4 Å². The molecular weight excluding hydrogens is 414 g/mol. The number of aliphatic hydroxyl groups is 1. The summed E-state index contributed by atoms with van der Waals surface area (Å²) in [5.41, 5.74) is 0.500. The molecule has 1 amide bonds. The fraction of sp³-hybridized carbons (Fsp3) is 0.300. The third-order valence-electron chi connectivity index (χ3n) is 4.89. The number of furan rings is 1. The maximum Gasteiger partial charge on any atom is 0.295 e. The second-order valence-corrected chi connectivity index (χ2v) is 7.52. The number of hydrogen-bond donors (Lipinski definition) is 1. The number of ketones is 1. The number of rotatable bonds is 4. The second kappa shape index (κ2) is 7.32. The molecule has 2 aliphatic rings. The normalized spacial score (nSPS) is 24.7. The predicted molar refractivity (Wildman–Crippen MR) is 101 cm³/mol. The van der Waals surface area contributed by atoms with E-state index in [1.165, 1.54) is 11.2 Å². The Morgan fingerprint density at radius 3 is 2.63 bits per heavy atom. The Bertz CT molecular complexity index is 882. The molecule has 6 nitrogen and oxygen atoms in total. The van der Waals surface area contributed by atoms with E-state index in [4.69, 9.17) is 9.15 Å². The van der Waals surface area contributed by atoms with Crippen LogP contribution in [0.15, 0.2) is 57.1 Å². The first-order valence-corrected chi connectivity index (χ1v) is 9.55. The van der Waals surface area contributed by atoms with Crippen LogP contribution >= 0.6 is 15.9 Å². The first kappa shape index (κ1) is 18.0. The number of halogens is 1. The van der Waals surface area contributed by atoms with Crippen molar-refractivity contribution in [1.82, 2.24) is 4.90 Å². The van der Waals surface area contributed by atoms with Crippen LogP contribution in [0.5, 0.6) is 0 Å². The number of carbonyl (C=O) groups is 2. The zero-order valence-corrected chi connectivity index (χ0v) is 16.0. The third kappa shape index (κ3) is 3.33. The predicted octanol–water partition coefficient (Wildman–Crippen LogP) is 3.64. The van der Waals surface area contributed by atoms with Crippen LogP contribution in [0.3, 0.4) is 0 Å². The van der Waals surface area contributed by atoms with Crippen LogP contribution in [0, 0.1) is 0 Å². The van der Waals surface area contributed by atoms with Gasteiger partial charge in [-0.05, 0) is 37.1 Å². The van der Waals surface area contributed by atoms with E-state index in [2.05, 4.69) is 15.9 Å². The quantitative estimate of drug-likeness (QED) is 0.454. The topological polar surface area (TPSA) is 80.0 Å². The van der Waals surface area contributed by atoms with Crippen molar-refractivity contribution in [3.05, 3.63) is 64.0 Å². The number of ether oxygens (including phenoxy) is 1. The molecule has 1 aromatic carbocycles. The van der Waals surface area contributed by atoms with E-state index in [0.29, 0.717) is 17.9 Å². The molecule has 0 aliphatic carbocycles. The van der Waals surface area contributed by atoms with Crippen LogP contribution < -0.4 is 0 Å². The van der Waals surface area contributed by atoms with Crippen LogP contribution in [0.1, 0.15) is 30.2 Å². The fourth-order valence-corrected chi connectivity index (χ4v) is 3.85. The number of carbonyl (C=O) groups excluding carboxylic acids is 2. The molecule has 2 saturated heterocycles. The Balaban J connectivity index is 1.78. The Kier molecular flexibility index (Phi) is 4.88. The minimum absolute atomic E-state index is 0.0373. The number of benzene rings is 1. The van der Waals surface area contributed by atoms with E-state index in [0.717, 1.165) is 17.3 Å². The van der Waals surface area contributed by atoms with Gasteiger partial charge in [0.05, 0.1) is 17.9 Å². The Labute approximate surface area is 164 Å². The van der Waals surface area contributed by atoms with Crippen LogP contribution in [-0.2, 0) is 14.3 Å². The van der Waals surface area contributed by atoms with Crippen molar-refractivity contribution in [2.75, 3.05) is 13.2 Å². The van der Waals surface area contributed by atoms with Gasteiger partial charge < -0.3 is 19.2 Å². The fourth-order valence-electron chi connectivity index (χ4n) is 3.58. The summed E-state index contributed by atoms with van der Waals surface area (Å²) < 4.78 is 12.0. The lowest BCUT2D eigenvalue weighted by atomic mass is 9.99. The molecule has 2 unspecified atom stereocenters. The zero-order valence-electron chi connectivity index (χ0n) is 14.4. The van der Waals surface area contributed by atoms with Crippen molar-refractivity contribution in [1.29, 1.82) is 0 Å². The van der Waals surface area contributed by atoms with Gasteiger partial charge in [-0.3, -0.25) is 9.59 Å². The van der Waals surface area contributed by atoms with Gasteiger partial charge in [-0.1, -0.05) is 28.1 Å². The maximum atomic E-state index is 12.8. The lowest BCUT2D eigenvalue weighted by molar-refractivity contribution is -0.141. The van der Waals surface area contributed by atoms with Crippen molar-refractivity contribution < 1.29 is 23.8 Å². The van der Waals surface area contributed by atoms with Gasteiger partial charge in [-0.15, -0.1) is 0 Å². The molecule has 3 heterocycles. The van der Waals surface area contributed by atoms with E-state index in [1.807, 2.05) is 0 Å². The highest BCUT2D eigenvalue weighted by Crippen LogP contribution is 2.40. The number of hydrogen-bond acceptors (Lipinski definition) is 5. The van der Waals surface area contributed by atoms with Gasteiger partial charge in [-0.25, -0.2) is 0 Å². The average Bonchev–Trinajstić information content (AvgIpc) is 3.40. The minimum Gasteiger partial charge on any atom is -0.507 e. The molecule has 140 valence electrons. The Hall–Kier alpha value is -2.38. The largest absolute Gasteiger partial charge is 0.507 e. The zero-order chi connectivity index (χ0) is 19.0. The number of aliphatic hydroxyl groups excluding tert-OH is 1. The van der Waals surface area contributed by atoms with E-state index in [1.54, 1.807) is 36.4 Å². The number of amides is 1. The molecule has 2 aromatic rings. The first-order chi connectivity index (χ1) is 13.1. The van der Waals surface area contributed by atoms with E-state index in [-0.39, 0.29) is 24.0 Å². The molecule has 4 rings (SSSR count). The number of nitrogens with zero attached hydrogens (tertiary/aromatic N) is 1. The molecule has 0 saturated carbocycles. The molecule has 1 N–H and O–H groups in total. The average molecular weight is 432 g/mol. The molecule has 2 aliphatic heterocycles. The van der Waals surface area contributed by atoms with Gasteiger partial charge in [0.1, 0.15) is 17.6 Å². The smallest absolute Gasteiger partial charge is 0.295 e. The van der Waals surface area contributed by atoms with E-state index >= 15 is 0 Å². The third-order valence-corrected chi connectivity index (χ3v) is 5.42. The molecule has 0 spiro atoms. The number of likely N-dealkylation sites (tertiary alicyclic amines) is 1. The number of Topliss-reactive ketones (excluding diaryl/α,β-unsaturated/α-hetero) is 1. The van der Waals surface area contributed by atoms with Gasteiger partial charge in [0, 0.05) is 23.2 Å². The van der Waals surface area contributed by atoms with E-state index in [9.17, 15) is 14.7 Å². The summed E-state index contributed by atoms with van der Waals surface area (Å²) in [6, 6.07) is 9.53. The first-order valence-electron chi connectivity index (χ1n) is 8.75. The molecule has 2 fully saturated rings. The van der Waals surface area contributed by atoms with Crippen LogP contribution in [0.25, 0.3) is 5.76 Å². The van der Waals surface area contributed by atoms with Crippen LogP contribution in [0.4, 0.5) is 0 Å². The van der Waals surface area contributed by atoms with Gasteiger partial charge in [-0.2, -0.15) is 0 Å². The molecular formula is C20H18BrNO5. The molecule has 2 atom stereocenters. The van der Waals surface area contributed by atoms with Gasteiger partial charge in [0.15, 0.2) is 0 Å². The highest BCUT2D eigenvalue weighted by molar-refractivity contribution is 9.10. The lowest BCUT2D eigenvalue weighted by Crippen LogP contribution is -2.36. The summed E-state index contributed by atoms with van der Waals surface area (Å²) in [4.78, 5) is 26.9. The lowest BCUT2D eigenvalue weighted by Gasteiger charge is -2.25.